The Morgan fingerprint density at radius 1 is 1.08 bits per heavy atom. The monoisotopic (exact) mass is 349 g/mol. The van der Waals surface area contributed by atoms with Gasteiger partial charge in [-0.1, -0.05) is 42.5 Å². The zero-order valence-electron chi connectivity index (χ0n) is 14.7. The number of aliphatic hydroxyl groups excluding tert-OH is 1. The van der Waals surface area contributed by atoms with Crippen molar-refractivity contribution in [2.24, 2.45) is 5.41 Å². The number of rotatable bonds is 5. The van der Waals surface area contributed by atoms with Gasteiger partial charge in [-0.05, 0) is 53.2 Å². The first-order chi connectivity index (χ1) is 12.8. The summed E-state index contributed by atoms with van der Waals surface area (Å²) < 4.78 is 4.92. The van der Waals surface area contributed by atoms with Crippen LogP contribution in [0.1, 0.15) is 30.4 Å². The summed E-state index contributed by atoms with van der Waals surface area (Å²) in [6.07, 6.45) is 4.38. The van der Waals surface area contributed by atoms with Crippen molar-refractivity contribution in [3.8, 4) is 0 Å². The molecular weight excluding hydrogens is 326 g/mol. The van der Waals surface area contributed by atoms with Gasteiger partial charge >= 0.3 is 0 Å². The van der Waals surface area contributed by atoms with E-state index in [-0.39, 0.29) is 12.0 Å². The molecule has 0 saturated carbocycles. The molecule has 0 aliphatic carbocycles. The van der Waals surface area contributed by atoms with Gasteiger partial charge in [-0.15, -0.1) is 0 Å². The normalized spacial score (nSPS) is 28.2. The molecule has 0 amide bonds. The van der Waals surface area contributed by atoms with Gasteiger partial charge in [0.05, 0.1) is 6.61 Å². The van der Waals surface area contributed by atoms with Gasteiger partial charge in [0.15, 0.2) is 0 Å². The lowest BCUT2D eigenvalue weighted by Crippen LogP contribution is -2.41. The molecule has 3 heterocycles. The Balaban J connectivity index is 1.44. The molecule has 26 heavy (non-hydrogen) atoms. The maximum atomic E-state index is 10.4. The Labute approximate surface area is 152 Å². The van der Waals surface area contributed by atoms with E-state index in [9.17, 15) is 5.11 Å². The maximum absolute atomic E-state index is 10.4. The third-order valence-corrected chi connectivity index (χ3v) is 6.43. The van der Waals surface area contributed by atoms with Gasteiger partial charge < -0.3 is 5.11 Å². The van der Waals surface area contributed by atoms with Gasteiger partial charge in [0.2, 0.25) is 0 Å². The Morgan fingerprint density at radius 3 is 2.81 bits per heavy atom. The van der Waals surface area contributed by atoms with E-state index in [1.54, 1.807) is 0 Å². The summed E-state index contributed by atoms with van der Waals surface area (Å²) >= 11 is 0. The average Bonchev–Trinajstić information content (AvgIpc) is 3.37. The van der Waals surface area contributed by atoms with E-state index in [4.69, 9.17) is 4.63 Å². The second-order valence-corrected chi connectivity index (χ2v) is 7.86. The van der Waals surface area contributed by atoms with Gasteiger partial charge in [-0.2, -0.15) is 0 Å². The molecule has 5 heteroatoms. The van der Waals surface area contributed by atoms with Crippen molar-refractivity contribution < 1.29 is 9.74 Å². The van der Waals surface area contributed by atoms with Crippen LogP contribution in [0.4, 0.5) is 0 Å². The number of aromatic nitrogens is 2. The van der Waals surface area contributed by atoms with Crippen molar-refractivity contribution in [3.63, 3.8) is 0 Å². The number of fused-ring (bicyclic) bond motifs is 3. The van der Waals surface area contributed by atoms with Gasteiger partial charge in [0.25, 0.3) is 0 Å². The van der Waals surface area contributed by atoms with Crippen LogP contribution in [0.25, 0.3) is 11.0 Å². The highest BCUT2D eigenvalue weighted by Gasteiger charge is 2.55. The highest BCUT2D eigenvalue weighted by Crippen LogP contribution is 2.51. The van der Waals surface area contributed by atoms with Gasteiger partial charge in [-0.25, -0.2) is 4.63 Å². The van der Waals surface area contributed by atoms with Crippen LogP contribution < -0.4 is 0 Å². The van der Waals surface area contributed by atoms with E-state index in [2.05, 4.69) is 51.6 Å². The first-order valence-electron chi connectivity index (χ1n) is 9.40. The van der Waals surface area contributed by atoms with E-state index in [1.807, 2.05) is 12.1 Å². The lowest BCUT2D eigenvalue weighted by molar-refractivity contribution is 0.0751. The Bertz CT molecular complexity index is 910. The molecule has 0 unspecified atom stereocenters. The second-order valence-electron chi connectivity index (χ2n) is 7.86. The first kappa shape index (κ1) is 16.0. The molecule has 5 rings (SSSR count). The van der Waals surface area contributed by atoms with Gasteiger partial charge in [0.1, 0.15) is 11.0 Å². The molecule has 3 atom stereocenters. The molecule has 1 aromatic heterocycles. The van der Waals surface area contributed by atoms with Crippen LogP contribution in [0.2, 0.25) is 0 Å². The fraction of sp³-hybridized carbons (Fsp3) is 0.429. The minimum absolute atomic E-state index is 0.0414. The Morgan fingerprint density at radius 2 is 1.96 bits per heavy atom. The number of nitrogens with zero attached hydrogens (tertiary/aromatic N) is 3. The topological polar surface area (TPSA) is 62.4 Å². The number of hydrogen-bond donors (Lipinski definition) is 1. The molecule has 134 valence electrons. The fourth-order valence-corrected chi connectivity index (χ4v) is 5.26. The van der Waals surface area contributed by atoms with Gasteiger partial charge in [-0.3, -0.25) is 4.90 Å². The molecule has 2 saturated heterocycles. The summed E-state index contributed by atoms with van der Waals surface area (Å²) in [4.78, 5) is 2.59. The molecule has 2 aliphatic heterocycles. The summed E-state index contributed by atoms with van der Waals surface area (Å²) in [5.41, 5.74) is 4.11. The van der Waals surface area contributed by atoms with E-state index < -0.39 is 0 Å². The van der Waals surface area contributed by atoms with Crippen molar-refractivity contribution in [2.75, 3.05) is 6.61 Å². The van der Waals surface area contributed by atoms with E-state index in [0.717, 1.165) is 42.4 Å². The SMILES string of the molecule is OC[C@]1(Cc2ccccc2)C[C@@H]2CC[C@H]1N2Cc1cccc2nonc12. The minimum Gasteiger partial charge on any atom is -0.396 e. The average molecular weight is 349 g/mol. The lowest BCUT2D eigenvalue weighted by atomic mass is 9.70. The number of hydrogen-bond acceptors (Lipinski definition) is 5. The summed E-state index contributed by atoms with van der Waals surface area (Å²) in [6.45, 7) is 1.09. The third-order valence-electron chi connectivity index (χ3n) is 6.43. The van der Waals surface area contributed by atoms with Crippen LogP contribution in [-0.4, -0.2) is 39.0 Å². The van der Waals surface area contributed by atoms with Gasteiger partial charge in [0, 0.05) is 24.0 Å². The largest absolute Gasteiger partial charge is 0.396 e. The summed E-state index contributed by atoms with van der Waals surface area (Å²) in [6, 6.07) is 17.6. The van der Waals surface area contributed by atoms with Crippen LogP contribution in [0, 0.1) is 5.41 Å². The van der Waals surface area contributed by atoms with Crippen LogP contribution >= 0.6 is 0 Å². The van der Waals surface area contributed by atoms with Crippen LogP contribution in [0.5, 0.6) is 0 Å². The molecule has 2 bridgehead atoms. The van der Waals surface area contributed by atoms with Crippen molar-refractivity contribution in [2.45, 2.75) is 44.3 Å². The summed E-state index contributed by atoms with van der Waals surface area (Å²) in [5.74, 6) is 0. The third kappa shape index (κ3) is 2.46. The molecule has 2 aliphatic rings. The molecule has 1 N–H and O–H groups in total. The van der Waals surface area contributed by atoms with E-state index in [1.165, 1.54) is 12.0 Å². The molecule has 5 nitrogen and oxygen atoms in total. The zero-order valence-corrected chi connectivity index (χ0v) is 14.7. The van der Waals surface area contributed by atoms with E-state index in [0.29, 0.717) is 12.1 Å². The minimum atomic E-state index is -0.0414. The molecule has 2 aromatic carbocycles. The van der Waals surface area contributed by atoms with Crippen molar-refractivity contribution >= 4 is 11.0 Å². The maximum Gasteiger partial charge on any atom is 0.139 e. The standard InChI is InChI=1S/C21H23N3O2/c25-14-21(11-15-5-2-1-3-6-15)12-17-9-10-19(21)24(17)13-16-7-4-8-18-20(16)23-26-22-18/h1-8,17,19,25H,9-14H2/t17-,19+,21-/m0/s1. The van der Waals surface area contributed by atoms with Crippen molar-refractivity contribution in [1.82, 2.24) is 15.2 Å². The Kier molecular flexibility index (Phi) is 3.80. The number of benzene rings is 2. The Hall–Kier alpha value is -2.24. The van der Waals surface area contributed by atoms with Crippen LogP contribution in [0.3, 0.4) is 0 Å². The highest BCUT2D eigenvalue weighted by molar-refractivity contribution is 5.76. The summed E-state index contributed by atoms with van der Waals surface area (Å²) in [5, 5.41) is 18.4. The van der Waals surface area contributed by atoms with Crippen molar-refractivity contribution in [3.05, 3.63) is 59.7 Å². The number of aliphatic hydroxyl groups is 1. The van der Waals surface area contributed by atoms with Crippen LogP contribution in [0.15, 0.2) is 53.2 Å². The molecular formula is C21H23N3O2. The summed E-state index contributed by atoms with van der Waals surface area (Å²) in [7, 11) is 0. The van der Waals surface area contributed by atoms with E-state index >= 15 is 0 Å². The fourth-order valence-electron chi connectivity index (χ4n) is 5.26. The lowest BCUT2D eigenvalue weighted by Gasteiger charge is -2.36. The predicted octanol–water partition coefficient (Wildman–Crippen LogP) is 3.18. The zero-order chi connectivity index (χ0) is 17.6. The van der Waals surface area contributed by atoms with Crippen LogP contribution in [-0.2, 0) is 13.0 Å². The highest BCUT2D eigenvalue weighted by atomic mass is 16.6. The quantitative estimate of drug-likeness (QED) is 0.766. The first-order valence-corrected chi connectivity index (χ1v) is 9.40. The molecule has 0 radical (unpaired) electrons. The predicted molar refractivity (Wildman–Crippen MR) is 98.4 cm³/mol. The smallest absolute Gasteiger partial charge is 0.139 e. The molecule has 2 fully saturated rings. The molecule has 3 aromatic rings. The van der Waals surface area contributed by atoms with Crippen molar-refractivity contribution in [1.29, 1.82) is 0 Å². The molecule has 0 spiro atoms. The second kappa shape index (κ2) is 6.18.